The molecule has 1 aromatic carbocycles. The van der Waals surface area contributed by atoms with Crippen LogP contribution in [0.2, 0.25) is 0 Å². The van der Waals surface area contributed by atoms with Crippen LogP contribution in [-0.2, 0) is 24.0 Å². The summed E-state index contributed by atoms with van der Waals surface area (Å²) in [4.78, 5) is 0. The van der Waals surface area contributed by atoms with E-state index in [0.29, 0.717) is 18.8 Å². The molecule has 0 aromatic heterocycles. The SMILES string of the molecule is CCC1(O)Cc2ccc(CC(C)CCC3(OC)CCC(F)(F)CC3)cc2C1. The molecule has 0 heterocycles. The number of halogens is 2. The third-order valence-corrected chi connectivity index (χ3v) is 6.97. The highest BCUT2D eigenvalue weighted by Crippen LogP contribution is 2.43. The normalized spacial score (nSPS) is 27.3. The van der Waals surface area contributed by atoms with Crippen molar-refractivity contribution in [2.45, 2.75) is 95.2 Å². The van der Waals surface area contributed by atoms with Gasteiger partial charge in [0.15, 0.2) is 0 Å². The molecule has 0 spiro atoms. The Kier molecular flexibility index (Phi) is 5.98. The molecule has 4 heteroatoms. The van der Waals surface area contributed by atoms with Gasteiger partial charge in [-0.25, -0.2) is 8.78 Å². The van der Waals surface area contributed by atoms with Gasteiger partial charge in [0.05, 0.1) is 11.2 Å². The second-order valence-electron chi connectivity index (χ2n) is 9.13. The fraction of sp³-hybridized carbons (Fsp3) is 0.739. The Morgan fingerprint density at radius 3 is 2.41 bits per heavy atom. The Labute approximate surface area is 162 Å². The lowest BCUT2D eigenvalue weighted by Gasteiger charge is -2.39. The van der Waals surface area contributed by atoms with Gasteiger partial charge >= 0.3 is 0 Å². The van der Waals surface area contributed by atoms with E-state index in [0.717, 1.165) is 38.5 Å². The van der Waals surface area contributed by atoms with Crippen LogP contribution in [0.1, 0.15) is 75.5 Å². The lowest BCUT2D eigenvalue weighted by Crippen LogP contribution is -2.40. The molecular weight excluding hydrogens is 346 g/mol. The molecule has 1 aromatic rings. The van der Waals surface area contributed by atoms with Crippen LogP contribution in [-0.4, -0.2) is 29.3 Å². The van der Waals surface area contributed by atoms with E-state index >= 15 is 0 Å². The van der Waals surface area contributed by atoms with Gasteiger partial charge in [0.25, 0.3) is 0 Å². The first kappa shape index (κ1) is 20.7. The number of hydrogen-bond acceptors (Lipinski definition) is 2. The van der Waals surface area contributed by atoms with E-state index in [9.17, 15) is 13.9 Å². The second-order valence-corrected chi connectivity index (χ2v) is 9.13. The van der Waals surface area contributed by atoms with E-state index in [1.54, 1.807) is 7.11 Å². The van der Waals surface area contributed by atoms with Crippen molar-refractivity contribution < 1.29 is 18.6 Å². The number of alkyl halides is 2. The molecule has 2 nitrogen and oxygen atoms in total. The van der Waals surface area contributed by atoms with Gasteiger partial charge in [-0.1, -0.05) is 32.0 Å². The number of methoxy groups -OCH3 is 1. The minimum Gasteiger partial charge on any atom is -0.389 e. The summed E-state index contributed by atoms with van der Waals surface area (Å²) in [5.41, 5.74) is 2.93. The van der Waals surface area contributed by atoms with Gasteiger partial charge in [0, 0.05) is 32.8 Å². The van der Waals surface area contributed by atoms with Gasteiger partial charge in [0.1, 0.15) is 0 Å². The number of benzene rings is 1. The van der Waals surface area contributed by atoms with Crippen LogP contribution in [0, 0.1) is 5.92 Å². The van der Waals surface area contributed by atoms with E-state index in [1.807, 2.05) is 6.92 Å². The van der Waals surface area contributed by atoms with Crippen LogP contribution < -0.4 is 0 Å². The Morgan fingerprint density at radius 2 is 1.78 bits per heavy atom. The largest absolute Gasteiger partial charge is 0.389 e. The molecule has 0 radical (unpaired) electrons. The third kappa shape index (κ3) is 4.89. The van der Waals surface area contributed by atoms with Crippen LogP contribution in [0.15, 0.2) is 18.2 Å². The Morgan fingerprint density at radius 1 is 1.11 bits per heavy atom. The topological polar surface area (TPSA) is 29.5 Å². The van der Waals surface area contributed by atoms with E-state index in [2.05, 4.69) is 25.1 Å². The number of aliphatic hydroxyl groups is 1. The van der Waals surface area contributed by atoms with E-state index in [-0.39, 0.29) is 18.4 Å². The summed E-state index contributed by atoms with van der Waals surface area (Å²) in [5, 5.41) is 10.5. The number of hydrogen-bond donors (Lipinski definition) is 1. The molecule has 2 aliphatic rings. The highest BCUT2D eigenvalue weighted by Gasteiger charge is 2.43. The van der Waals surface area contributed by atoms with E-state index in [4.69, 9.17) is 4.74 Å². The van der Waals surface area contributed by atoms with Crippen LogP contribution in [0.3, 0.4) is 0 Å². The lowest BCUT2D eigenvalue weighted by molar-refractivity contribution is -0.123. The van der Waals surface area contributed by atoms with Gasteiger partial charge in [0.2, 0.25) is 5.92 Å². The fourth-order valence-corrected chi connectivity index (χ4v) is 4.81. The fourth-order valence-electron chi connectivity index (χ4n) is 4.81. The molecule has 3 rings (SSSR count). The lowest BCUT2D eigenvalue weighted by atomic mass is 9.78. The van der Waals surface area contributed by atoms with Gasteiger partial charge in [-0.3, -0.25) is 0 Å². The van der Waals surface area contributed by atoms with Gasteiger partial charge in [-0.15, -0.1) is 0 Å². The van der Waals surface area contributed by atoms with Crippen LogP contribution in [0.5, 0.6) is 0 Å². The standard InChI is InChI=1S/C23H34F2O2/c1-4-21(26)15-19-6-5-18(14-20(19)16-21)13-17(2)7-8-22(27-3)9-11-23(24,25)12-10-22/h5-6,14,17,26H,4,7-13,15-16H2,1-3H3. The molecule has 1 N–H and O–H groups in total. The summed E-state index contributed by atoms with van der Waals surface area (Å²) in [6.45, 7) is 4.28. The van der Waals surface area contributed by atoms with Crippen molar-refractivity contribution in [1.82, 2.24) is 0 Å². The summed E-state index contributed by atoms with van der Waals surface area (Å²) in [6.07, 6.45) is 5.91. The number of ether oxygens (including phenoxy) is 1. The molecule has 1 saturated carbocycles. The predicted molar refractivity (Wildman–Crippen MR) is 104 cm³/mol. The van der Waals surface area contributed by atoms with Crippen LogP contribution >= 0.6 is 0 Å². The second kappa shape index (κ2) is 7.79. The highest BCUT2D eigenvalue weighted by molar-refractivity contribution is 5.38. The number of rotatable bonds is 7. The smallest absolute Gasteiger partial charge is 0.248 e. The summed E-state index contributed by atoms with van der Waals surface area (Å²) in [6, 6.07) is 6.61. The molecular formula is C23H34F2O2. The maximum Gasteiger partial charge on any atom is 0.248 e. The Bertz CT molecular complexity index is 648. The first-order valence-electron chi connectivity index (χ1n) is 10.4. The summed E-state index contributed by atoms with van der Waals surface area (Å²) >= 11 is 0. The zero-order valence-corrected chi connectivity index (χ0v) is 17.0. The first-order chi connectivity index (χ1) is 12.7. The molecule has 27 heavy (non-hydrogen) atoms. The van der Waals surface area contributed by atoms with Gasteiger partial charge < -0.3 is 9.84 Å². The first-order valence-corrected chi connectivity index (χ1v) is 10.4. The van der Waals surface area contributed by atoms with E-state index < -0.39 is 11.5 Å². The molecule has 2 unspecified atom stereocenters. The molecule has 1 fully saturated rings. The maximum atomic E-state index is 13.5. The maximum absolute atomic E-state index is 13.5. The quantitative estimate of drug-likeness (QED) is 0.679. The van der Waals surface area contributed by atoms with Gasteiger partial charge in [-0.05, 0) is 61.1 Å². The molecule has 0 saturated heterocycles. The molecule has 0 bridgehead atoms. The van der Waals surface area contributed by atoms with Crippen molar-refractivity contribution in [3.8, 4) is 0 Å². The summed E-state index contributed by atoms with van der Waals surface area (Å²) < 4.78 is 32.7. The number of fused-ring (bicyclic) bond motifs is 1. The predicted octanol–water partition coefficient (Wildman–Crippen LogP) is 5.48. The van der Waals surface area contributed by atoms with Crippen molar-refractivity contribution in [3.63, 3.8) is 0 Å². The van der Waals surface area contributed by atoms with Crippen molar-refractivity contribution in [2.75, 3.05) is 7.11 Å². The minimum absolute atomic E-state index is 0.0552. The average molecular weight is 381 g/mol. The molecule has 0 amide bonds. The minimum atomic E-state index is -2.52. The third-order valence-electron chi connectivity index (χ3n) is 6.97. The van der Waals surface area contributed by atoms with Crippen LogP contribution in [0.25, 0.3) is 0 Å². The van der Waals surface area contributed by atoms with Crippen molar-refractivity contribution >= 4 is 0 Å². The van der Waals surface area contributed by atoms with Crippen molar-refractivity contribution in [3.05, 3.63) is 34.9 Å². The molecule has 2 aliphatic carbocycles. The van der Waals surface area contributed by atoms with Crippen LogP contribution in [0.4, 0.5) is 8.78 Å². The Balaban J connectivity index is 1.54. The van der Waals surface area contributed by atoms with Crippen molar-refractivity contribution in [1.29, 1.82) is 0 Å². The zero-order valence-electron chi connectivity index (χ0n) is 17.0. The Hall–Kier alpha value is -1.00. The highest BCUT2D eigenvalue weighted by atomic mass is 19.3. The summed E-state index contributed by atoms with van der Waals surface area (Å²) in [5.74, 6) is -2.04. The molecule has 2 atom stereocenters. The molecule has 0 aliphatic heterocycles. The molecule has 152 valence electrons. The van der Waals surface area contributed by atoms with Gasteiger partial charge in [-0.2, -0.15) is 0 Å². The zero-order chi connectivity index (χ0) is 19.7. The van der Waals surface area contributed by atoms with E-state index in [1.165, 1.54) is 16.7 Å². The average Bonchev–Trinajstić information content (AvgIpc) is 2.98. The monoisotopic (exact) mass is 380 g/mol. The van der Waals surface area contributed by atoms with Crippen molar-refractivity contribution in [2.24, 2.45) is 5.92 Å². The summed E-state index contributed by atoms with van der Waals surface area (Å²) in [7, 11) is 1.67.